The first kappa shape index (κ1) is 8.03. The molecule has 4 N–H and O–H groups in total. The van der Waals surface area contributed by atoms with E-state index in [1.54, 1.807) is 0 Å². The third-order valence-electron chi connectivity index (χ3n) is 1.16. The third-order valence-corrected chi connectivity index (χ3v) is 1.46. The molecule has 1 aliphatic rings. The zero-order chi connectivity index (χ0) is 8.43. The topological polar surface area (TPSA) is 85.7 Å². The molecule has 0 spiro atoms. The molecule has 1 rings (SSSR count). The molecular weight excluding hydrogens is 168 g/mol. The fourth-order valence-corrected chi connectivity index (χ4v) is 0.803. The highest BCUT2D eigenvalue weighted by molar-refractivity contribution is 6.28. The second-order valence-electron chi connectivity index (χ2n) is 1.94. The van der Waals surface area contributed by atoms with Crippen LogP contribution in [0.3, 0.4) is 0 Å². The molecule has 1 aliphatic heterocycles. The van der Waals surface area contributed by atoms with Crippen LogP contribution in [0.15, 0.2) is 16.9 Å². The van der Waals surface area contributed by atoms with Gasteiger partial charge in [0.05, 0.1) is 6.20 Å². The summed E-state index contributed by atoms with van der Waals surface area (Å²) in [5.41, 5.74) is 4.45. The number of hydrogen-bond donors (Lipinski definition) is 3. The molecule has 0 bridgehead atoms. The van der Waals surface area contributed by atoms with Crippen LogP contribution in [0.2, 0.25) is 0 Å². The van der Waals surface area contributed by atoms with Gasteiger partial charge in [0.15, 0.2) is 5.50 Å². The third kappa shape index (κ3) is 1.50. The average molecular weight is 175 g/mol. The number of halogens is 1. The Labute approximate surface area is 68.2 Å². The van der Waals surface area contributed by atoms with Crippen molar-refractivity contribution >= 4 is 23.7 Å². The van der Waals surface area contributed by atoms with Gasteiger partial charge in [-0.2, -0.15) is 0 Å². The fraction of sp³-hybridized carbons (Fsp3) is 0.200. The number of aliphatic imine (C=N–C) groups is 1. The highest BCUT2D eigenvalue weighted by atomic mass is 35.5. The molecule has 6 heteroatoms. The van der Waals surface area contributed by atoms with E-state index in [4.69, 9.17) is 28.0 Å². The summed E-state index contributed by atoms with van der Waals surface area (Å²) in [5.74, 6) is -0.269. The Hall–Kier alpha value is -1.07. The molecule has 0 saturated carbocycles. The number of alkyl halides is 1. The molecule has 0 aromatic heterocycles. The number of nitrogens with one attached hydrogen (secondary N) is 1. The summed E-state index contributed by atoms with van der Waals surface area (Å²) >= 11 is 5.54. The van der Waals surface area contributed by atoms with Crippen LogP contribution < -0.4 is 5.73 Å². The van der Waals surface area contributed by atoms with Crippen molar-refractivity contribution in [1.29, 1.82) is 5.41 Å². The maximum Gasteiger partial charge on any atom is 0.165 e. The van der Waals surface area contributed by atoms with Crippen LogP contribution in [0, 0.1) is 5.41 Å². The van der Waals surface area contributed by atoms with Crippen LogP contribution in [-0.4, -0.2) is 27.8 Å². The van der Waals surface area contributed by atoms with Gasteiger partial charge in [-0.05, 0) is 0 Å². The van der Waals surface area contributed by atoms with Gasteiger partial charge in [0.2, 0.25) is 0 Å². The molecule has 0 amide bonds. The number of hydrogen-bond acceptors (Lipinski definition) is 4. The van der Waals surface area contributed by atoms with Crippen molar-refractivity contribution in [2.24, 2.45) is 10.7 Å². The predicted octanol–water partition coefficient (Wildman–Crippen LogP) is 0.104. The molecule has 60 valence electrons. The monoisotopic (exact) mass is 174 g/mol. The van der Waals surface area contributed by atoms with E-state index in [0.29, 0.717) is 5.06 Å². The maximum atomic E-state index is 9.13. The van der Waals surface area contributed by atoms with Gasteiger partial charge in [0.1, 0.15) is 11.5 Å². The number of rotatable bonds is 1. The van der Waals surface area contributed by atoms with E-state index in [2.05, 4.69) is 4.99 Å². The largest absolute Gasteiger partial charge is 0.382 e. The normalized spacial score (nSPS) is 23.3. The molecule has 1 heterocycles. The minimum atomic E-state index is -0.751. The van der Waals surface area contributed by atoms with Crippen molar-refractivity contribution in [3.8, 4) is 0 Å². The van der Waals surface area contributed by atoms with Gasteiger partial charge in [0.25, 0.3) is 0 Å². The van der Waals surface area contributed by atoms with Gasteiger partial charge in [-0.3, -0.25) is 15.6 Å². The second kappa shape index (κ2) is 2.89. The van der Waals surface area contributed by atoms with E-state index in [0.717, 1.165) is 0 Å². The molecule has 5 nitrogen and oxygen atoms in total. The molecule has 0 fully saturated rings. The van der Waals surface area contributed by atoms with Crippen LogP contribution in [0.1, 0.15) is 0 Å². The van der Waals surface area contributed by atoms with E-state index in [1.807, 2.05) is 0 Å². The first-order valence-corrected chi connectivity index (χ1v) is 3.26. The Balaban J connectivity index is 2.87. The van der Waals surface area contributed by atoms with Crippen molar-refractivity contribution in [3.05, 3.63) is 11.9 Å². The minimum Gasteiger partial charge on any atom is -0.382 e. The summed E-state index contributed by atoms with van der Waals surface area (Å²) in [7, 11) is 0. The Morgan fingerprint density at radius 3 is 3.00 bits per heavy atom. The van der Waals surface area contributed by atoms with Crippen LogP contribution in [-0.2, 0) is 0 Å². The maximum absolute atomic E-state index is 9.13. The lowest BCUT2D eigenvalue weighted by molar-refractivity contribution is -0.0454. The minimum absolute atomic E-state index is 0.104. The Morgan fingerprint density at radius 1 is 1.91 bits per heavy atom. The highest BCUT2D eigenvalue weighted by Crippen LogP contribution is 2.12. The van der Waals surface area contributed by atoms with Crippen molar-refractivity contribution in [3.63, 3.8) is 0 Å². The SMILES string of the molecule is N=C(N)C1=CN=CC(Cl)N1O. The molecule has 0 aromatic rings. The van der Waals surface area contributed by atoms with Gasteiger partial charge < -0.3 is 5.73 Å². The molecule has 1 atom stereocenters. The van der Waals surface area contributed by atoms with E-state index in [-0.39, 0.29) is 11.5 Å². The van der Waals surface area contributed by atoms with Crippen LogP contribution >= 0.6 is 11.6 Å². The predicted molar refractivity (Wildman–Crippen MR) is 41.8 cm³/mol. The Kier molecular flexibility index (Phi) is 2.11. The van der Waals surface area contributed by atoms with E-state index in [1.165, 1.54) is 12.4 Å². The summed E-state index contributed by atoms with van der Waals surface area (Å²) in [6.07, 6.45) is 2.59. The molecule has 1 unspecified atom stereocenters. The molecule has 0 aliphatic carbocycles. The Morgan fingerprint density at radius 2 is 2.55 bits per heavy atom. The van der Waals surface area contributed by atoms with E-state index in [9.17, 15) is 0 Å². The van der Waals surface area contributed by atoms with Gasteiger partial charge in [-0.15, -0.1) is 0 Å². The van der Waals surface area contributed by atoms with Gasteiger partial charge in [-0.25, -0.2) is 5.06 Å². The molecule has 11 heavy (non-hydrogen) atoms. The van der Waals surface area contributed by atoms with Crippen LogP contribution in [0.25, 0.3) is 0 Å². The quantitative estimate of drug-likeness (QED) is 0.228. The highest BCUT2D eigenvalue weighted by Gasteiger charge is 2.19. The average Bonchev–Trinajstić information content (AvgIpc) is 1.94. The molecule has 0 saturated heterocycles. The summed E-state index contributed by atoms with van der Waals surface area (Å²) in [6.45, 7) is 0. The lowest BCUT2D eigenvalue weighted by Crippen LogP contribution is -2.36. The molecule has 0 aromatic carbocycles. The summed E-state index contributed by atoms with van der Waals surface area (Å²) in [4.78, 5) is 3.67. The number of nitrogens with two attached hydrogens (primary N) is 1. The lowest BCUT2D eigenvalue weighted by atomic mass is 10.4. The molecule has 0 radical (unpaired) electrons. The summed E-state index contributed by atoms with van der Waals surface area (Å²) in [6, 6.07) is 0. The molecular formula is C5H7ClN4O. The first-order chi connectivity index (χ1) is 5.13. The van der Waals surface area contributed by atoms with Crippen LogP contribution in [0.4, 0.5) is 0 Å². The second-order valence-corrected chi connectivity index (χ2v) is 2.39. The zero-order valence-corrected chi connectivity index (χ0v) is 6.28. The lowest BCUT2D eigenvalue weighted by Gasteiger charge is -2.23. The number of nitrogens with zero attached hydrogens (tertiary/aromatic N) is 2. The smallest absolute Gasteiger partial charge is 0.165 e. The number of amidine groups is 1. The number of hydroxylamine groups is 2. The van der Waals surface area contributed by atoms with Gasteiger partial charge >= 0.3 is 0 Å². The van der Waals surface area contributed by atoms with Crippen molar-refractivity contribution in [2.75, 3.05) is 0 Å². The van der Waals surface area contributed by atoms with Crippen molar-refractivity contribution in [2.45, 2.75) is 5.50 Å². The van der Waals surface area contributed by atoms with Crippen LogP contribution in [0.5, 0.6) is 0 Å². The van der Waals surface area contributed by atoms with Gasteiger partial charge in [0, 0.05) is 6.21 Å². The summed E-state index contributed by atoms with van der Waals surface area (Å²) in [5, 5.41) is 16.8. The van der Waals surface area contributed by atoms with Crippen molar-refractivity contribution in [1.82, 2.24) is 5.06 Å². The first-order valence-electron chi connectivity index (χ1n) is 2.83. The van der Waals surface area contributed by atoms with E-state index < -0.39 is 5.50 Å². The Bertz CT molecular complexity index is 237. The van der Waals surface area contributed by atoms with Crippen molar-refractivity contribution < 1.29 is 5.21 Å². The fourth-order valence-electron chi connectivity index (χ4n) is 0.633. The summed E-state index contributed by atoms with van der Waals surface area (Å²) < 4.78 is 0. The van der Waals surface area contributed by atoms with Gasteiger partial charge in [-0.1, -0.05) is 11.6 Å². The zero-order valence-electron chi connectivity index (χ0n) is 5.53. The standard InChI is InChI=1S/C5H7ClN4O/c6-4-2-9-1-3(5(7)8)10(4)11/h1-2,4,11H,(H3,7,8). The van der Waals surface area contributed by atoms with E-state index >= 15 is 0 Å².